The van der Waals surface area contributed by atoms with E-state index in [1.165, 1.54) is 14.0 Å². The second kappa shape index (κ2) is 28.4. The molecule has 6 aliphatic rings. The lowest BCUT2D eigenvalue weighted by atomic mass is 9.93. The summed E-state index contributed by atoms with van der Waals surface area (Å²) in [6.07, 6.45) is -42.7. The first kappa shape index (κ1) is 65.0. The zero-order valence-electron chi connectivity index (χ0n) is 43.7. The number of amides is 4. The Morgan fingerprint density at radius 1 is 0.380 bits per heavy atom. The standard InChI is InChI=1S/C45H77N5O29/c1-12-27(59)34(66)35(67)45(70-12)69-11-21-39(30(62)22(40(68)71-21)47-13(2)55)79-44-26(50-16(5)58)33(65)38(20(10-54)75-44)78-43-25(49-15(4)57)32(64)37(19(9-53)74-43)77-42-24(48-14(3)56)31(63)36(18(8-52)73-42)76-41-23(46-6)29(61)28(60)17(7-51)72-41/h12,17-46,51-54,59-68H,7-11H2,1-6H3,(H,47,55)(H,48,56)(H,49,57)(H,50,58). The first-order chi connectivity index (χ1) is 37.3. The summed E-state index contributed by atoms with van der Waals surface area (Å²) in [7, 11) is 1.39. The van der Waals surface area contributed by atoms with E-state index in [-0.39, 0.29) is 0 Å². The highest BCUT2D eigenvalue weighted by Crippen LogP contribution is 2.36. The van der Waals surface area contributed by atoms with Crippen molar-refractivity contribution in [1.82, 2.24) is 26.6 Å². The van der Waals surface area contributed by atoms with Crippen LogP contribution in [0.4, 0.5) is 0 Å². The van der Waals surface area contributed by atoms with Crippen molar-refractivity contribution in [2.45, 2.75) is 219 Å². The van der Waals surface area contributed by atoms with E-state index >= 15 is 0 Å². The highest BCUT2D eigenvalue weighted by Gasteiger charge is 2.58. The van der Waals surface area contributed by atoms with E-state index in [4.69, 9.17) is 52.1 Å². The predicted molar refractivity (Wildman–Crippen MR) is 251 cm³/mol. The summed E-state index contributed by atoms with van der Waals surface area (Å²) in [6, 6.07) is -7.89. The van der Waals surface area contributed by atoms with Crippen molar-refractivity contribution in [3.05, 3.63) is 0 Å². The third-order valence-corrected chi connectivity index (χ3v) is 14.3. The lowest BCUT2D eigenvalue weighted by molar-refractivity contribution is -0.368. The molecule has 30 unspecified atom stereocenters. The maximum atomic E-state index is 12.8. The largest absolute Gasteiger partial charge is 0.394 e. The molecule has 4 amide bonds. The molecule has 34 heteroatoms. The fraction of sp³-hybridized carbons (Fsp3) is 0.911. The van der Waals surface area contributed by atoms with Gasteiger partial charge in [0, 0.05) is 27.7 Å². The number of aliphatic hydroxyl groups excluding tert-OH is 14. The Labute approximate surface area is 451 Å². The summed E-state index contributed by atoms with van der Waals surface area (Å²) in [5, 5.41) is 165. The number of ether oxygens (including phenoxy) is 11. The van der Waals surface area contributed by atoms with Gasteiger partial charge in [0.1, 0.15) is 134 Å². The van der Waals surface area contributed by atoms with Gasteiger partial charge in [-0.25, -0.2) is 0 Å². The fourth-order valence-corrected chi connectivity index (χ4v) is 10.3. The van der Waals surface area contributed by atoms with Crippen LogP contribution in [0.25, 0.3) is 0 Å². The van der Waals surface area contributed by atoms with Gasteiger partial charge in [-0.05, 0) is 14.0 Å². The van der Waals surface area contributed by atoms with Crippen molar-refractivity contribution in [3.63, 3.8) is 0 Å². The molecule has 34 nitrogen and oxygen atoms in total. The van der Waals surface area contributed by atoms with Crippen molar-refractivity contribution in [3.8, 4) is 0 Å². The first-order valence-corrected chi connectivity index (χ1v) is 25.5. The Morgan fingerprint density at radius 3 is 1.09 bits per heavy atom. The van der Waals surface area contributed by atoms with Crippen LogP contribution in [-0.2, 0) is 71.3 Å². The van der Waals surface area contributed by atoms with Crippen LogP contribution in [0.5, 0.6) is 0 Å². The van der Waals surface area contributed by atoms with E-state index in [9.17, 15) is 90.7 Å². The molecule has 6 fully saturated rings. The molecule has 6 aliphatic heterocycles. The Bertz CT molecular complexity index is 1990. The number of nitrogens with one attached hydrogen (secondary N) is 5. The summed E-state index contributed by atoms with van der Waals surface area (Å²) in [4.78, 5) is 50.3. The molecule has 0 radical (unpaired) electrons. The molecule has 0 aliphatic carbocycles. The molecule has 30 atom stereocenters. The molecule has 19 N–H and O–H groups in total. The second-order valence-corrected chi connectivity index (χ2v) is 20.0. The number of likely N-dealkylation sites (N-methyl/N-ethyl adjacent to an activating group) is 1. The smallest absolute Gasteiger partial charge is 0.217 e. The minimum Gasteiger partial charge on any atom is -0.394 e. The van der Waals surface area contributed by atoms with Gasteiger partial charge in [0.15, 0.2) is 37.7 Å². The van der Waals surface area contributed by atoms with Crippen LogP contribution < -0.4 is 26.6 Å². The molecule has 6 saturated heterocycles. The minimum absolute atomic E-state index is 0.711. The van der Waals surface area contributed by atoms with E-state index in [0.717, 1.165) is 27.7 Å². The maximum Gasteiger partial charge on any atom is 0.217 e. The van der Waals surface area contributed by atoms with Crippen LogP contribution in [0.2, 0.25) is 0 Å². The van der Waals surface area contributed by atoms with Crippen LogP contribution in [0, 0.1) is 0 Å². The van der Waals surface area contributed by atoms with Crippen LogP contribution >= 0.6 is 0 Å². The van der Waals surface area contributed by atoms with Crippen LogP contribution in [0.3, 0.4) is 0 Å². The van der Waals surface area contributed by atoms with Crippen molar-refractivity contribution in [2.24, 2.45) is 0 Å². The number of hydrogen-bond acceptors (Lipinski definition) is 30. The topological polar surface area (TPSA) is 513 Å². The SMILES string of the molecule is CNC1C(OC2C(CO)OC(OC3C(CO)OC(OC4C(CO)OC(OC5C(COC6OC(C)C(O)C(O)C6O)OC(O)C(NC(C)=O)C5O)C(NC(C)=O)C4O)C(NC(C)=O)C3O)C(NC(C)=O)C2O)OC(CO)C(O)C1O. The molecule has 0 aromatic heterocycles. The Morgan fingerprint density at radius 2 is 0.722 bits per heavy atom. The molecule has 0 spiro atoms. The molecule has 0 aromatic rings. The number of aliphatic hydroxyl groups is 14. The quantitative estimate of drug-likeness (QED) is 0.0538. The summed E-state index contributed by atoms with van der Waals surface area (Å²) in [5.74, 6) is -3.14. The van der Waals surface area contributed by atoms with Crippen molar-refractivity contribution < 1.29 is 143 Å². The predicted octanol–water partition coefficient (Wildman–Crippen LogP) is -12.3. The summed E-state index contributed by atoms with van der Waals surface area (Å²) in [5.41, 5.74) is 0. The van der Waals surface area contributed by atoms with Gasteiger partial charge in [-0.15, -0.1) is 0 Å². The van der Waals surface area contributed by atoms with Gasteiger partial charge < -0.3 is 150 Å². The molecular weight excluding hydrogens is 1070 g/mol. The van der Waals surface area contributed by atoms with E-state index in [1.54, 1.807) is 0 Å². The molecule has 0 aromatic carbocycles. The van der Waals surface area contributed by atoms with Gasteiger partial charge in [-0.1, -0.05) is 0 Å². The normalized spacial score (nSPS) is 46.7. The molecule has 0 saturated carbocycles. The van der Waals surface area contributed by atoms with Gasteiger partial charge >= 0.3 is 0 Å². The number of hydrogen-bond donors (Lipinski definition) is 19. The monoisotopic (exact) mass is 1150 g/mol. The lowest BCUT2D eigenvalue weighted by Gasteiger charge is -2.51. The van der Waals surface area contributed by atoms with Crippen molar-refractivity contribution >= 4 is 23.6 Å². The highest BCUT2D eigenvalue weighted by molar-refractivity contribution is 5.74. The maximum absolute atomic E-state index is 12.8. The Hall–Kier alpha value is -3.16. The molecule has 456 valence electrons. The summed E-state index contributed by atoms with van der Waals surface area (Å²) >= 11 is 0. The van der Waals surface area contributed by atoms with Crippen LogP contribution in [-0.4, -0.2) is 319 Å². The summed E-state index contributed by atoms with van der Waals surface area (Å²) < 4.78 is 65.1. The van der Waals surface area contributed by atoms with Gasteiger partial charge in [0.05, 0.1) is 45.2 Å². The van der Waals surface area contributed by atoms with E-state index in [2.05, 4.69) is 26.6 Å². The number of rotatable bonds is 20. The summed E-state index contributed by atoms with van der Waals surface area (Å²) in [6.45, 7) is 1.17. The van der Waals surface area contributed by atoms with Gasteiger partial charge in [0.2, 0.25) is 23.6 Å². The molecular formula is C45H77N5O29. The Kier molecular flexibility index (Phi) is 23.4. The van der Waals surface area contributed by atoms with Crippen molar-refractivity contribution in [2.75, 3.05) is 40.1 Å². The van der Waals surface area contributed by atoms with Crippen LogP contribution in [0.15, 0.2) is 0 Å². The van der Waals surface area contributed by atoms with Crippen LogP contribution in [0.1, 0.15) is 34.6 Å². The first-order valence-electron chi connectivity index (χ1n) is 25.5. The zero-order valence-corrected chi connectivity index (χ0v) is 43.7. The minimum atomic E-state index is -2.03. The fourth-order valence-electron chi connectivity index (χ4n) is 10.3. The lowest BCUT2D eigenvalue weighted by Crippen LogP contribution is -2.72. The van der Waals surface area contributed by atoms with E-state index < -0.39 is 241 Å². The third kappa shape index (κ3) is 14.8. The van der Waals surface area contributed by atoms with E-state index in [0.29, 0.717) is 0 Å². The Balaban J connectivity index is 1.23. The molecule has 0 bridgehead atoms. The van der Waals surface area contributed by atoms with Gasteiger partial charge in [-0.3, -0.25) is 19.2 Å². The number of carbonyl (C=O) groups is 4. The third-order valence-electron chi connectivity index (χ3n) is 14.3. The highest BCUT2D eigenvalue weighted by atomic mass is 16.8. The van der Waals surface area contributed by atoms with Gasteiger partial charge in [-0.2, -0.15) is 0 Å². The average Bonchev–Trinajstić information content (AvgIpc) is 3.50. The molecule has 6 rings (SSSR count). The zero-order chi connectivity index (χ0) is 58.5. The average molecular weight is 1150 g/mol. The van der Waals surface area contributed by atoms with Crippen molar-refractivity contribution in [1.29, 1.82) is 0 Å². The number of carbonyl (C=O) groups excluding carboxylic acids is 4. The molecule has 6 heterocycles. The van der Waals surface area contributed by atoms with Gasteiger partial charge in [0.25, 0.3) is 0 Å². The van der Waals surface area contributed by atoms with E-state index in [1.807, 2.05) is 0 Å². The second-order valence-electron chi connectivity index (χ2n) is 20.0. The molecule has 79 heavy (non-hydrogen) atoms.